The fourth-order valence-electron chi connectivity index (χ4n) is 2.20. The lowest BCUT2D eigenvalue weighted by molar-refractivity contribution is 0.0950. The summed E-state index contributed by atoms with van der Waals surface area (Å²) in [5.41, 5.74) is 1.32. The summed E-state index contributed by atoms with van der Waals surface area (Å²) in [6.45, 7) is 2.82. The third-order valence-electron chi connectivity index (χ3n) is 3.32. The topological polar surface area (TPSA) is 79.8 Å². The number of nitrogens with zero attached hydrogens (tertiary/aromatic N) is 3. The molecule has 0 aliphatic heterocycles. The quantitative estimate of drug-likeness (QED) is 0.706. The van der Waals surface area contributed by atoms with Crippen molar-refractivity contribution in [1.82, 2.24) is 20.3 Å². The summed E-state index contributed by atoms with van der Waals surface area (Å²) in [5.74, 6) is 1.16. The third kappa shape index (κ3) is 3.79. The largest absolute Gasteiger partial charge is 0.368 e. The zero-order valence-corrected chi connectivity index (χ0v) is 12.8. The van der Waals surface area contributed by atoms with Crippen LogP contribution in [0.5, 0.6) is 0 Å². The minimum atomic E-state index is -0.205. The van der Waals surface area contributed by atoms with Gasteiger partial charge in [-0.25, -0.2) is 15.0 Å². The van der Waals surface area contributed by atoms with Crippen molar-refractivity contribution in [3.63, 3.8) is 0 Å². The molecular weight excluding hydrogens is 290 g/mol. The van der Waals surface area contributed by atoms with Crippen LogP contribution in [0.25, 0.3) is 10.9 Å². The predicted octanol–water partition coefficient (Wildman–Crippen LogP) is 2.18. The molecule has 0 radical (unpaired) electrons. The van der Waals surface area contributed by atoms with Crippen LogP contribution in [0.15, 0.2) is 48.7 Å². The van der Waals surface area contributed by atoms with E-state index in [1.165, 1.54) is 0 Å². The smallest absolute Gasteiger partial charge is 0.270 e. The van der Waals surface area contributed by atoms with Crippen LogP contribution in [-0.2, 0) is 0 Å². The van der Waals surface area contributed by atoms with Crippen LogP contribution in [0.3, 0.4) is 0 Å². The Balaban J connectivity index is 1.51. The summed E-state index contributed by atoms with van der Waals surface area (Å²) in [7, 11) is 0. The zero-order valence-electron chi connectivity index (χ0n) is 12.8. The van der Waals surface area contributed by atoms with Crippen molar-refractivity contribution >= 4 is 22.6 Å². The van der Waals surface area contributed by atoms with Gasteiger partial charge >= 0.3 is 0 Å². The zero-order chi connectivity index (χ0) is 16.1. The van der Waals surface area contributed by atoms with Crippen LogP contribution >= 0.6 is 0 Å². The Morgan fingerprint density at radius 1 is 1.04 bits per heavy atom. The average Bonchev–Trinajstić information content (AvgIpc) is 2.58. The minimum absolute atomic E-state index is 0.205. The van der Waals surface area contributed by atoms with Gasteiger partial charge in [-0.15, -0.1) is 0 Å². The van der Waals surface area contributed by atoms with Crippen molar-refractivity contribution in [1.29, 1.82) is 0 Å². The molecule has 0 aliphatic rings. The third-order valence-corrected chi connectivity index (χ3v) is 3.32. The average molecular weight is 307 g/mol. The Hall–Kier alpha value is -3.02. The van der Waals surface area contributed by atoms with E-state index in [4.69, 9.17) is 0 Å². The number of aromatic nitrogens is 3. The first-order valence-electron chi connectivity index (χ1n) is 7.40. The van der Waals surface area contributed by atoms with Crippen molar-refractivity contribution in [3.8, 4) is 0 Å². The van der Waals surface area contributed by atoms with E-state index in [1.54, 1.807) is 19.2 Å². The number of carbonyl (C=O) groups is 1. The van der Waals surface area contributed by atoms with E-state index in [9.17, 15) is 4.79 Å². The highest BCUT2D eigenvalue weighted by Gasteiger charge is 2.06. The fraction of sp³-hybridized carbons (Fsp3) is 0.176. The van der Waals surface area contributed by atoms with E-state index >= 15 is 0 Å². The number of pyridine rings is 1. The standard InChI is InChI=1S/C17H17N5O/c1-12-18-9-8-15(21-12)17(23)20-11-10-19-16-7-6-13-4-2-3-5-14(13)22-16/h2-9H,10-11H2,1H3,(H,19,22)(H,20,23). The summed E-state index contributed by atoms with van der Waals surface area (Å²) < 4.78 is 0. The SMILES string of the molecule is Cc1nccc(C(=O)NCCNc2ccc3ccccc3n2)n1. The highest BCUT2D eigenvalue weighted by molar-refractivity contribution is 5.92. The molecule has 3 aromatic rings. The van der Waals surface area contributed by atoms with Gasteiger partial charge in [0.1, 0.15) is 17.3 Å². The van der Waals surface area contributed by atoms with Gasteiger partial charge in [-0.3, -0.25) is 4.79 Å². The van der Waals surface area contributed by atoms with Crippen molar-refractivity contribution in [2.75, 3.05) is 18.4 Å². The van der Waals surface area contributed by atoms with Gasteiger partial charge in [0, 0.05) is 24.7 Å². The molecule has 23 heavy (non-hydrogen) atoms. The van der Waals surface area contributed by atoms with E-state index in [-0.39, 0.29) is 5.91 Å². The molecule has 2 N–H and O–H groups in total. The Labute approximate surface area is 134 Å². The van der Waals surface area contributed by atoms with Crippen LogP contribution in [0.4, 0.5) is 5.82 Å². The van der Waals surface area contributed by atoms with Gasteiger partial charge in [-0.2, -0.15) is 0 Å². The lowest BCUT2D eigenvalue weighted by Gasteiger charge is -2.08. The number of hydrogen-bond acceptors (Lipinski definition) is 5. The van der Waals surface area contributed by atoms with Gasteiger partial charge in [0.25, 0.3) is 5.91 Å². The molecule has 1 aromatic carbocycles. The van der Waals surface area contributed by atoms with Crippen LogP contribution in [0.1, 0.15) is 16.3 Å². The van der Waals surface area contributed by atoms with E-state index in [0.29, 0.717) is 24.6 Å². The van der Waals surface area contributed by atoms with E-state index in [1.807, 2.05) is 36.4 Å². The Kier molecular flexibility index (Phi) is 4.42. The van der Waals surface area contributed by atoms with Gasteiger partial charge in [0.15, 0.2) is 0 Å². The normalized spacial score (nSPS) is 10.5. The monoisotopic (exact) mass is 307 g/mol. The molecule has 6 heteroatoms. The molecule has 0 unspecified atom stereocenters. The van der Waals surface area contributed by atoms with Crippen molar-refractivity contribution in [3.05, 3.63) is 60.2 Å². The lowest BCUT2D eigenvalue weighted by Crippen LogP contribution is -2.29. The van der Waals surface area contributed by atoms with Crippen molar-refractivity contribution < 1.29 is 4.79 Å². The number of para-hydroxylation sites is 1. The number of carbonyl (C=O) groups excluding carboxylic acids is 1. The Morgan fingerprint density at radius 3 is 2.78 bits per heavy atom. The molecule has 0 saturated heterocycles. The van der Waals surface area contributed by atoms with Gasteiger partial charge in [-0.1, -0.05) is 18.2 Å². The molecule has 116 valence electrons. The summed E-state index contributed by atoms with van der Waals surface area (Å²) in [4.78, 5) is 24.5. The molecule has 0 saturated carbocycles. The number of hydrogen-bond donors (Lipinski definition) is 2. The van der Waals surface area contributed by atoms with Crippen LogP contribution in [0, 0.1) is 6.92 Å². The van der Waals surface area contributed by atoms with E-state index in [2.05, 4.69) is 25.6 Å². The summed E-state index contributed by atoms with van der Waals surface area (Å²) in [6.07, 6.45) is 1.58. The molecule has 0 spiro atoms. The summed E-state index contributed by atoms with van der Waals surface area (Å²) >= 11 is 0. The second kappa shape index (κ2) is 6.83. The molecular formula is C17H17N5O. The Morgan fingerprint density at radius 2 is 1.91 bits per heavy atom. The van der Waals surface area contributed by atoms with Crippen molar-refractivity contribution in [2.45, 2.75) is 6.92 Å². The summed E-state index contributed by atoms with van der Waals surface area (Å²) in [5, 5.41) is 7.11. The molecule has 6 nitrogen and oxygen atoms in total. The van der Waals surface area contributed by atoms with Crippen molar-refractivity contribution in [2.24, 2.45) is 0 Å². The first-order chi connectivity index (χ1) is 11.2. The summed E-state index contributed by atoms with van der Waals surface area (Å²) in [6, 6.07) is 13.5. The van der Waals surface area contributed by atoms with Crippen LogP contribution in [0.2, 0.25) is 0 Å². The number of amides is 1. The van der Waals surface area contributed by atoms with Crippen LogP contribution in [-0.4, -0.2) is 33.9 Å². The molecule has 3 rings (SSSR count). The highest BCUT2D eigenvalue weighted by Crippen LogP contribution is 2.14. The number of aryl methyl sites for hydroxylation is 1. The maximum atomic E-state index is 11.9. The maximum absolute atomic E-state index is 11.9. The second-order valence-electron chi connectivity index (χ2n) is 5.06. The van der Waals surface area contributed by atoms with Gasteiger partial charge < -0.3 is 10.6 Å². The van der Waals surface area contributed by atoms with Crippen LogP contribution < -0.4 is 10.6 Å². The number of rotatable bonds is 5. The number of nitrogens with one attached hydrogen (secondary N) is 2. The van der Waals surface area contributed by atoms with E-state index in [0.717, 1.165) is 16.7 Å². The minimum Gasteiger partial charge on any atom is -0.368 e. The number of fused-ring (bicyclic) bond motifs is 1. The van der Waals surface area contributed by atoms with Gasteiger partial charge in [-0.05, 0) is 31.2 Å². The molecule has 2 aromatic heterocycles. The molecule has 0 bridgehead atoms. The maximum Gasteiger partial charge on any atom is 0.270 e. The molecule has 0 aliphatic carbocycles. The fourth-order valence-corrected chi connectivity index (χ4v) is 2.20. The molecule has 1 amide bonds. The molecule has 0 fully saturated rings. The first kappa shape index (κ1) is 14.9. The number of anilines is 1. The highest BCUT2D eigenvalue weighted by atomic mass is 16.1. The van der Waals surface area contributed by atoms with Gasteiger partial charge in [0.05, 0.1) is 5.52 Å². The number of benzene rings is 1. The first-order valence-corrected chi connectivity index (χ1v) is 7.40. The molecule has 0 atom stereocenters. The Bertz CT molecular complexity index is 834. The predicted molar refractivity (Wildman–Crippen MR) is 89.3 cm³/mol. The molecule has 2 heterocycles. The van der Waals surface area contributed by atoms with Gasteiger partial charge in [0.2, 0.25) is 0 Å². The second-order valence-corrected chi connectivity index (χ2v) is 5.06. The van der Waals surface area contributed by atoms with E-state index < -0.39 is 0 Å². The lowest BCUT2D eigenvalue weighted by atomic mass is 10.2.